The molecular weight excluding hydrogens is 424 g/mol. The van der Waals surface area contributed by atoms with Crippen LogP contribution in [0.5, 0.6) is 0 Å². The highest BCUT2D eigenvalue weighted by molar-refractivity contribution is 5.94. The average Bonchev–Trinajstić information content (AvgIpc) is 2.89. The first-order valence-corrected chi connectivity index (χ1v) is 13.0. The van der Waals surface area contributed by atoms with Gasteiger partial charge in [-0.3, -0.25) is 9.80 Å². The van der Waals surface area contributed by atoms with E-state index in [-0.39, 0.29) is 24.1 Å². The van der Waals surface area contributed by atoms with Crippen LogP contribution in [0.4, 0.5) is 21.0 Å². The number of carbonyl (C=O) groups is 2. The van der Waals surface area contributed by atoms with Gasteiger partial charge in [0.25, 0.3) is 0 Å². The molecule has 0 heterocycles. The summed E-state index contributed by atoms with van der Waals surface area (Å²) in [4.78, 5) is 30.2. The molecule has 2 aromatic rings. The van der Waals surface area contributed by atoms with Crippen LogP contribution in [0.3, 0.4) is 0 Å². The molecule has 34 heavy (non-hydrogen) atoms. The number of anilines is 2. The largest absolute Gasteiger partial charge is 0.335 e. The van der Waals surface area contributed by atoms with Crippen LogP contribution in [0.2, 0.25) is 0 Å². The lowest BCUT2D eigenvalue weighted by atomic mass is 9.96. The number of hydrogen-bond acceptors (Lipinski definition) is 2. The van der Waals surface area contributed by atoms with Crippen LogP contribution < -0.4 is 20.4 Å². The number of rotatable bonds is 7. The summed E-state index contributed by atoms with van der Waals surface area (Å²) in [6, 6.07) is 19.8. The monoisotopic (exact) mass is 462 g/mol. The first-order chi connectivity index (χ1) is 16.7. The Morgan fingerprint density at radius 1 is 0.588 bits per heavy atom. The van der Waals surface area contributed by atoms with Gasteiger partial charge >= 0.3 is 12.1 Å². The number of hydrogen-bond donors (Lipinski definition) is 2. The van der Waals surface area contributed by atoms with Crippen molar-refractivity contribution in [2.24, 2.45) is 0 Å². The summed E-state index contributed by atoms with van der Waals surface area (Å²) in [6.45, 7) is 0.824. The van der Waals surface area contributed by atoms with E-state index in [2.05, 4.69) is 10.6 Å². The zero-order valence-corrected chi connectivity index (χ0v) is 20.1. The summed E-state index contributed by atoms with van der Waals surface area (Å²) in [5.41, 5.74) is 1.69. The molecule has 0 spiro atoms. The van der Waals surface area contributed by atoms with Crippen molar-refractivity contribution in [3.05, 3.63) is 60.7 Å². The standard InChI is InChI=1S/C28H38N4O2/c33-27(29-23-13-5-1-6-14-23)31(25-17-9-3-10-18-25)21-22-32(26-19-11-4-12-20-26)28(34)30-24-15-7-2-8-16-24/h3-4,9-12,17-20,23-24H,1-2,5-8,13-16,21-22H2,(H,29,33)(H,30,34). The Balaban J connectivity index is 1.48. The fourth-order valence-corrected chi connectivity index (χ4v) is 5.11. The van der Waals surface area contributed by atoms with E-state index in [0.717, 1.165) is 37.1 Å². The van der Waals surface area contributed by atoms with Crippen molar-refractivity contribution in [3.63, 3.8) is 0 Å². The second-order valence-electron chi connectivity index (χ2n) is 9.54. The summed E-state index contributed by atoms with van der Waals surface area (Å²) in [6.07, 6.45) is 11.3. The van der Waals surface area contributed by atoms with E-state index in [1.54, 1.807) is 9.80 Å². The van der Waals surface area contributed by atoms with Gasteiger partial charge in [-0.25, -0.2) is 9.59 Å². The van der Waals surface area contributed by atoms with Crippen molar-refractivity contribution in [2.45, 2.75) is 76.3 Å². The Labute approximate surface area is 203 Å². The van der Waals surface area contributed by atoms with Gasteiger partial charge in [0, 0.05) is 36.5 Å². The topological polar surface area (TPSA) is 64.7 Å². The van der Waals surface area contributed by atoms with Gasteiger partial charge in [0.2, 0.25) is 0 Å². The van der Waals surface area contributed by atoms with Gasteiger partial charge in [-0.15, -0.1) is 0 Å². The Morgan fingerprint density at radius 3 is 1.29 bits per heavy atom. The molecule has 182 valence electrons. The lowest BCUT2D eigenvalue weighted by Gasteiger charge is -2.32. The molecule has 4 amide bonds. The van der Waals surface area contributed by atoms with Crippen LogP contribution in [-0.2, 0) is 0 Å². The van der Waals surface area contributed by atoms with E-state index in [4.69, 9.17) is 0 Å². The van der Waals surface area contributed by atoms with Gasteiger partial charge in [-0.1, -0.05) is 74.9 Å². The molecule has 6 heteroatoms. The molecule has 0 atom stereocenters. The number of amides is 4. The molecule has 0 saturated heterocycles. The summed E-state index contributed by atoms with van der Waals surface area (Å²) in [5.74, 6) is 0. The molecule has 6 nitrogen and oxygen atoms in total. The summed E-state index contributed by atoms with van der Waals surface area (Å²) in [5, 5.41) is 6.49. The second-order valence-corrected chi connectivity index (χ2v) is 9.54. The highest BCUT2D eigenvalue weighted by Crippen LogP contribution is 2.21. The molecule has 0 radical (unpaired) electrons. The quantitative estimate of drug-likeness (QED) is 0.523. The van der Waals surface area contributed by atoms with Gasteiger partial charge in [-0.2, -0.15) is 0 Å². The van der Waals surface area contributed by atoms with Crippen LogP contribution in [-0.4, -0.2) is 37.2 Å². The molecule has 0 bridgehead atoms. The maximum Gasteiger partial charge on any atom is 0.322 e. The first kappa shape index (κ1) is 24.1. The van der Waals surface area contributed by atoms with Gasteiger partial charge in [0.1, 0.15) is 0 Å². The average molecular weight is 463 g/mol. The van der Waals surface area contributed by atoms with Gasteiger partial charge in [0.15, 0.2) is 0 Å². The Kier molecular flexibility index (Phi) is 8.83. The lowest BCUT2D eigenvalue weighted by Crippen LogP contribution is -2.51. The van der Waals surface area contributed by atoms with E-state index in [0.29, 0.717) is 13.1 Å². The summed E-state index contributed by atoms with van der Waals surface area (Å²) >= 11 is 0. The predicted octanol–water partition coefficient (Wildman–Crippen LogP) is 6.08. The number of urea groups is 2. The molecule has 2 aliphatic rings. The summed E-state index contributed by atoms with van der Waals surface area (Å²) < 4.78 is 0. The fourth-order valence-electron chi connectivity index (χ4n) is 5.11. The maximum atomic E-state index is 13.3. The molecule has 0 aromatic heterocycles. The molecule has 0 unspecified atom stereocenters. The zero-order chi connectivity index (χ0) is 23.6. The third kappa shape index (κ3) is 6.75. The minimum absolute atomic E-state index is 0.0844. The Hall–Kier alpha value is -3.02. The van der Waals surface area contributed by atoms with Crippen molar-refractivity contribution in [1.29, 1.82) is 0 Å². The fraction of sp³-hybridized carbons (Fsp3) is 0.500. The molecule has 4 rings (SSSR count). The van der Waals surface area contributed by atoms with Crippen molar-refractivity contribution < 1.29 is 9.59 Å². The smallest absolute Gasteiger partial charge is 0.322 e. The lowest BCUT2D eigenvalue weighted by molar-refractivity contribution is 0.235. The highest BCUT2D eigenvalue weighted by atomic mass is 16.2. The number of para-hydroxylation sites is 2. The molecule has 2 fully saturated rings. The minimum Gasteiger partial charge on any atom is -0.335 e. The van der Waals surface area contributed by atoms with Crippen molar-refractivity contribution in [2.75, 3.05) is 22.9 Å². The molecule has 2 aliphatic carbocycles. The van der Waals surface area contributed by atoms with Crippen LogP contribution in [0.15, 0.2) is 60.7 Å². The van der Waals surface area contributed by atoms with Crippen LogP contribution >= 0.6 is 0 Å². The van der Waals surface area contributed by atoms with E-state index in [1.165, 1.54) is 38.5 Å². The predicted molar refractivity (Wildman–Crippen MR) is 138 cm³/mol. The van der Waals surface area contributed by atoms with E-state index < -0.39 is 0 Å². The van der Waals surface area contributed by atoms with Gasteiger partial charge < -0.3 is 10.6 Å². The Bertz CT molecular complexity index is 818. The third-order valence-electron chi connectivity index (χ3n) is 7.04. The number of carbonyl (C=O) groups excluding carboxylic acids is 2. The van der Waals surface area contributed by atoms with Crippen molar-refractivity contribution in [3.8, 4) is 0 Å². The molecular formula is C28H38N4O2. The molecule has 2 saturated carbocycles. The number of nitrogens with zero attached hydrogens (tertiary/aromatic N) is 2. The Morgan fingerprint density at radius 2 is 0.941 bits per heavy atom. The van der Waals surface area contributed by atoms with Crippen LogP contribution in [0, 0.1) is 0 Å². The van der Waals surface area contributed by atoms with Gasteiger partial charge in [0.05, 0.1) is 0 Å². The van der Waals surface area contributed by atoms with Crippen molar-refractivity contribution >= 4 is 23.4 Å². The second kappa shape index (κ2) is 12.4. The molecule has 2 aromatic carbocycles. The van der Waals surface area contributed by atoms with E-state index >= 15 is 0 Å². The summed E-state index contributed by atoms with van der Waals surface area (Å²) in [7, 11) is 0. The molecule has 2 N–H and O–H groups in total. The van der Waals surface area contributed by atoms with Crippen LogP contribution in [0.25, 0.3) is 0 Å². The molecule has 0 aliphatic heterocycles. The number of nitrogens with one attached hydrogen (secondary N) is 2. The maximum absolute atomic E-state index is 13.3. The van der Waals surface area contributed by atoms with Crippen molar-refractivity contribution in [1.82, 2.24) is 10.6 Å². The minimum atomic E-state index is -0.0844. The van der Waals surface area contributed by atoms with E-state index in [1.807, 2.05) is 60.7 Å². The third-order valence-corrected chi connectivity index (χ3v) is 7.04. The van der Waals surface area contributed by atoms with Gasteiger partial charge in [-0.05, 0) is 49.9 Å². The SMILES string of the molecule is O=C(NC1CCCCC1)N(CCN(C(=O)NC1CCCCC1)c1ccccc1)c1ccccc1. The first-order valence-electron chi connectivity index (χ1n) is 13.0. The number of benzene rings is 2. The highest BCUT2D eigenvalue weighted by Gasteiger charge is 2.25. The normalized spacial score (nSPS) is 17.1. The zero-order valence-electron chi connectivity index (χ0n) is 20.1. The van der Waals surface area contributed by atoms with Crippen LogP contribution in [0.1, 0.15) is 64.2 Å². The van der Waals surface area contributed by atoms with E-state index in [9.17, 15) is 9.59 Å².